The molecule has 4 aromatic rings. The summed E-state index contributed by atoms with van der Waals surface area (Å²) >= 11 is 8.60. The van der Waals surface area contributed by atoms with Gasteiger partial charge in [-0.15, -0.1) is 10.2 Å². The summed E-state index contributed by atoms with van der Waals surface area (Å²) in [6.45, 7) is 0.670. The predicted molar refractivity (Wildman–Crippen MR) is 149 cm³/mol. The minimum atomic E-state index is -2.76. The van der Waals surface area contributed by atoms with Crippen LogP contribution in [0, 0.1) is 0 Å². The minimum absolute atomic E-state index is 0.139. The van der Waals surface area contributed by atoms with E-state index in [2.05, 4.69) is 19.9 Å². The Labute approximate surface area is 239 Å². The summed E-state index contributed by atoms with van der Waals surface area (Å²) in [5, 5.41) is 17.7. The molecule has 3 aromatic heterocycles. The van der Waals surface area contributed by atoms with Crippen LogP contribution < -0.4 is 9.46 Å². The highest BCUT2D eigenvalue weighted by Gasteiger charge is 2.40. The van der Waals surface area contributed by atoms with Crippen LogP contribution in [0.4, 0.5) is 8.78 Å². The van der Waals surface area contributed by atoms with E-state index in [1.165, 1.54) is 19.1 Å². The third-order valence-corrected chi connectivity index (χ3v) is 9.48. The molecule has 208 valence electrons. The minimum Gasteiger partial charge on any atom is -0.496 e. The third-order valence-electron chi connectivity index (χ3n) is 6.02. The number of alkyl halides is 2. The number of benzene rings is 1. The van der Waals surface area contributed by atoms with Crippen molar-refractivity contribution in [2.45, 2.75) is 34.8 Å². The molecule has 1 aromatic carbocycles. The zero-order chi connectivity index (χ0) is 27.9. The smallest absolute Gasteiger partial charge is 0.291 e. The number of ether oxygens (including phenoxy) is 1. The van der Waals surface area contributed by atoms with E-state index < -0.39 is 28.0 Å². The molecule has 1 unspecified atom stereocenters. The van der Waals surface area contributed by atoms with E-state index in [1.54, 1.807) is 22.7 Å². The number of hydrogen-bond acceptors (Lipinski definition) is 10. The Balaban J connectivity index is 1.63. The van der Waals surface area contributed by atoms with Crippen LogP contribution in [0.15, 0.2) is 40.3 Å². The van der Waals surface area contributed by atoms with Crippen molar-refractivity contribution >= 4 is 51.2 Å². The largest absolute Gasteiger partial charge is 0.496 e. The summed E-state index contributed by atoms with van der Waals surface area (Å²) in [5.74, 6) is 1.22. The first-order valence-corrected chi connectivity index (χ1v) is 15.1. The highest BCUT2D eigenvalue weighted by Crippen LogP contribution is 2.42. The van der Waals surface area contributed by atoms with Gasteiger partial charge in [0.2, 0.25) is 0 Å². The lowest BCUT2D eigenvalue weighted by Gasteiger charge is -2.16. The Morgan fingerprint density at radius 1 is 1.31 bits per heavy atom. The van der Waals surface area contributed by atoms with Crippen molar-refractivity contribution < 1.29 is 22.8 Å². The van der Waals surface area contributed by atoms with E-state index in [-0.39, 0.29) is 16.0 Å². The first-order chi connectivity index (χ1) is 18.6. The summed E-state index contributed by atoms with van der Waals surface area (Å²) in [6.07, 6.45) is 0.267. The maximum atomic E-state index is 13.2. The average molecular weight is 615 g/mol. The first kappa shape index (κ1) is 28.3. The van der Waals surface area contributed by atoms with E-state index in [4.69, 9.17) is 16.3 Å². The number of aromatic nitrogens is 4. The number of nitrogens with zero attached hydrogens (tertiary/aromatic N) is 5. The molecule has 1 fully saturated rings. The summed E-state index contributed by atoms with van der Waals surface area (Å²) < 4.78 is 49.8. The monoisotopic (exact) mass is 614 g/mol. The van der Waals surface area contributed by atoms with Crippen molar-refractivity contribution in [3.8, 4) is 27.7 Å². The Kier molecular flexibility index (Phi) is 8.25. The highest BCUT2D eigenvalue weighted by atomic mass is 35.5. The highest BCUT2D eigenvalue weighted by molar-refractivity contribution is 7.97. The quantitative estimate of drug-likeness (QED) is 0.181. The predicted octanol–water partition coefficient (Wildman–Crippen LogP) is 4.87. The van der Waals surface area contributed by atoms with Crippen molar-refractivity contribution in [3.63, 3.8) is 0 Å². The van der Waals surface area contributed by atoms with Crippen LogP contribution in [0.3, 0.4) is 0 Å². The summed E-state index contributed by atoms with van der Waals surface area (Å²) in [7, 11) is 4.15. The molecular weight excluding hydrogens is 590 g/mol. The van der Waals surface area contributed by atoms with Gasteiger partial charge in [0, 0.05) is 39.4 Å². The van der Waals surface area contributed by atoms with Gasteiger partial charge in [-0.25, -0.2) is 18.5 Å². The number of rotatable bonds is 11. The molecule has 0 amide bonds. The number of halogens is 3. The molecule has 1 atom stereocenters. The Morgan fingerprint density at radius 2 is 2.08 bits per heavy atom. The number of pyridine rings is 1. The fraction of sp³-hybridized carbons (Fsp3) is 0.375. The van der Waals surface area contributed by atoms with Crippen LogP contribution in [0.1, 0.15) is 24.3 Å². The second kappa shape index (κ2) is 11.4. The zero-order valence-electron chi connectivity index (χ0n) is 21.2. The van der Waals surface area contributed by atoms with Crippen LogP contribution in [-0.4, -0.2) is 73.0 Å². The van der Waals surface area contributed by atoms with Crippen molar-refractivity contribution in [1.29, 1.82) is 0 Å². The molecule has 2 N–H and O–H groups in total. The lowest BCUT2D eigenvalue weighted by atomic mass is 10.0. The normalized spacial score (nSPS) is 15.4. The van der Waals surface area contributed by atoms with Gasteiger partial charge in [0.25, 0.3) is 6.43 Å². The van der Waals surface area contributed by atoms with E-state index in [9.17, 15) is 18.1 Å². The van der Waals surface area contributed by atoms with Crippen LogP contribution in [0.2, 0.25) is 5.15 Å². The van der Waals surface area contributed by atoms with Crippen molar-refractivity contribution in [1.82, 2.24) is 29.2 Å². The van der Waals surface area contributed by atoms with Gasteiger partial charge in [0.1, 0.15) is 11.5 Å². The molecule has 1 aliphatic carbocycles. The van der Waals surface area contributed by atoms with Crippen molar-refractivity contribution in [2.75, 3.05) is 33.5 Å². The van der Waals surface area contributed by atoms with Crippen molar-refractivity contribution in [2.24, 2.45) is 0 Å². The first-order valence-electron chi connectivity index (χ1n) is 11.8. The molecule has 15 heteroatoms. The molecule has 0 aliphatic heterocycles. The van der Waals surface area contributed by atoms with E-state index in [0.717, 1.165) is 11.3 Å². The molecule has 0 bridgehead atoms. The summed E-state index contributed by atoms with van der Waals surface area (Å²) in [6, 6.07) is 7.22. The van der Waals surface area contributed by atoms with Gasteiger partial charge >= 0.3 is 0 Å². The second-order valence-corrected chi connectivity index (χ2v) is 13.0. The Hall–Kier alpha value is -2.20. The van der Waals surface area contributed by atoms with Crippen LogP contribution in [-0.2, 0) is 10.8 Å². The van der Waals surface area contributed by atoms with E-state index in [0.29, 0.717) is 57.3 Å². The maximum Gasteiger partial charge on any atom is 0.291 e. The molecule has 39 heavy (non-hydrogen) atoms. The van der Waals surface area contributed by atoms with E-state index >= 15 is 0 Å². The molecule has 0 spiro atoms. The number of hydrogen-bond donors (Lipinski definition) is 2. The molecule has 1 saturated carbocycles. The number of aliphatic hydroxyl groups is 1. The topological polar surface area (TPSA) is 105 Å². The average Bonchev–Trinajstić information content (AvgIpc) is 3.30. The van der Waals surface area contributed by atoms with Gasteiger partial charge in [-0.05, 0) is 63.2 Å². The van der Waals surface area contributed by atoms with Gasteiger partial charge in [-0.1, -0.05) is 22.9 Å². The summed E-state index contributed by atoms with van der Waals surface area (Å²) in [5.41, 5.74) is 0.891. The van der Waals surface area contributed by atoms with Crippen LogP contribution in [0.25, 0.3) is 27.5 Å². The summed E-state index contributed by atoms with van der Waals surface area (Å²) in [4.78, 5) is 7.74. The molecule has 0 radical (unpaired) electrons. The molecule has 9 nitrogen and oxygen atoms in total. The van der Waals surface area contributed by atoms with Crippen LogP contribution >= 0.6 is 34.9 Å². The van der Waals surface area contributed by atoms with Gasteiger partial charge in [-0.2, -0.15) is 0 Å². The van der Waals surface area contributed by atoms with Gasteiger partial charge in [0.05, 0.1) is 23.4 Å². The molecule has 0 saturated heterocycles. The molecular formula is C24H25ClF2N6O3S3. The number of methoxy groups -OCH3 is 1. The number of nitrogens with one attached hydrogen (secondary N) is 1. The van der Waals surface area contributed by atoms with Gasteiger partial charge in [-0.3, -0.25) is 8.61 Å². The van der Waals surface area contributed by atoms with Crippen LogP contribution in [0.5, 0.6) is 5.75 Å². The molecule has 5 rings (SSSR count). The molecule has 1 aliphatic rings. The lowest BCUT2D eigenvalue weighted by molar-refractivity contribution is 0.142. The maximum absolute atomic E-state index is 13.2. The number of imidazole rings is 1. The fourth-order valence-electron chi connectivity index (χ4n) is 3.77. The number of fused-ring (bicyclic) bond motifs is 1. The zero-order valence-corrected chi connectivity index (χ0v) is 24.4. The Bertz CT molecular complexity index is 1540. The van der Waals surface area contributed by atoms with Crippen molar-refractivity contribution in [3.05, 3.63) is 40.6 Å². The Morgan fingerprint density at radius 3 is 2.72 bits per heavy atom. The molecule has 3 heterocycles. The third kappa shape index (κ3) is 6.11. The standard InChI is InChI=1S/C24H25ClF2N6O3S3/c1-32(2)8-9-39(35)14-4-5-15(17(11-14)36-3)16-10-13(38-31-24(34)6-7-24)12-33-18(16)19(25)28-21(33)23-30-29-22(37-23)20(26)27/h4-5,10-12,20,31,34H,6-9H2,1-3H3. The fourth-order valence-corrected chi connectivity index (χ4v) is 6.80. The van der Waals surface area contributed by atoms with Gasteiger partial charge < -0.3 is 14.7 Å². The SMILES string of the molecule is COc1cc(S(=O)CCN(C)C)ccc1-c1cc(SNC2(O)CC2)cn2c(-c3nnc(C(F)F)s3)nc(Cl)c12. The van der Waals surface area contributed by atoms with Gasteiger partial charge in [0.15, 0.2) is 21.0 Å². The lowest BCUT2D eigenvalue weighted by Crippen LogP contribution is -2.23. The van der Waals surface area contributed by atoms with E-state index in [1.807, 2.05) is 31.1 Å². The second-order valence-electron chi connectivity index (χ2n) is 9.23.